The number of para-hydroxylation sites is 2. The van der Waals surface area contributed by atoms with Gasteiger partial charge in [0.05, 0.1) is 0 Å². The molecule has 0 amide bonds. The van der Waals surface area contributed by atoms with E-state index < -0.39 is 26.6 Å². The van der Waals surface area contributed by atoms with Crippen LogP contribution >= 0.6 is 0 Å². The van der Waals surface area contributed by atoms with E-state index in [0.717, 1.165) is 95.0 Å². The number of furan rings is 1. The average molecular weight is 1410 g/mol. The van der Waals surface area contributed by atoms with Crippen molar-refractivity contribution in [3.63, 3.8) is 0 Å². The Bertz CT molecular complexity index is 4670. The fourth-order valence-electron chi connectivity index (χ4n) is 13.0. The number of fused-ring (bicyclic) bond motifs is 12. The Balaban J connectivity index is 0.00000600. The Morgan fingerprint density at radius 2 is 0.893 bits per heavy atom. The molecule has 0 saturated carbocycles. The van der Waals surface area contributed by atoms with Gasteiger partial charge in [0.1, 0.15) is 0 Å². The summed E-state index contributed by atoms with van der Waals surface area (Å²) in [6.45, 7) is 0. The molecule has 2 heterocycles. The van der Waals surface area contributed by atoms with Gasteiger partial charge in [-0.3, -0.25) is 0 Å². The first-order chi connectivity index (χ1) is 41.1. The quantitative estimate of drug-likeness (QED) is 0.100. The fourth-order valence-corrected chi connectivity index (χ4v) is 16.2. The van der Waals surface area contributed by atoms with Crippen molar-refractivity contribution in [1.29, 1.82) is 0 Å². The second-order valence-corrected chi connectivity index (χ2v) is 24.2. The van der Waals surface area contributed by atoms with Crippen LogP contribution in [0.4, 0.5) is 34.1 Å². The van der Waals surface area contributed by atoms with Crippen molar-refractivity contribution in [2.75, 3.05) is 9.80 Å². The molecule has 0 N–H and O–H groups in total. The summed E-state index contributed by atoms with van der Waals surface area (Å²) in [5.74, 6) is 0. The molecule has 16 rings (SSSR count). The van der Waals surface area contributed by atoms with Gasteiger partial charge in [-0.25, -0.2) is 0 Å². The number of nitrogens with zero attached hydrogens (tertiary/aromatic N) is 2. The van der Waals surface area contributed by atoms with Crippen molar-refractivity contribution < 1.29 is 56.7 Å². The molecule has 1 spiro atoms. The predicted molar refractivity (Wildman–Crippen MR) is 337 cm³/mol. The topological polar surface area (TPSA) is 19.6 Å². The van der Waals surface area contributed by atoms with E-state index in [1.165, 1.54) is 46.1 Å². The van der Waals surface area contributed by atoms with Crippen LogP contribution in [0.3, 0.4) is 0 Å². The standard InChI is InChI=1S/C79H50IN2O.U/c1-6-23-53(24-7-1)57-31-22-34-61(46-57)82(64-47-58(54-25-8-2-9-26-54)45-59(48-64)55-27-10-3-11-28-55)63-41-43-72-75(51-63)80-74-44-42-62(50-73(74)79(72)70-38-19-16-35-66(70)67-36-17-20-39-71(67)79)81(60-32-14-5-15-33-60)65-49-69(56-29-12-4-13-30-56)78-68-37-18-21-40-76(68)83-77(78)52-65;/h1-27,29-44,46-52H;/q-3;+2. The SMILES string of the molecule is [U+2].[c-]1ccccc1-c1[c-]c(-c2ccccc2)cc(N(c2cccc(-c3ccccc3)c2)c2ccc3c(c2)[I-]c2ccc(N(c4ccccc4)c4cc(-c5ccccc5)c5c(c4)oc4ccccc45)cc2C32c3ccccc3-c3ccccc32)c1. The van der Waals surface area contributed by atoms with E-state index in [0.29, 0.717) is 0 Å². The number of anilines is 6. The third kappa shape index (κ3) is 8.76. The van der Waals surface area contributed by atoms with Crippen LogP contribution in [0.5, 0.6) is 0 Å². The average Bonchev–Trinajstić information content (AvgIpc) is 1.62. The molecular weight excluding hydrogens is 1360 g/mol. The van der Waals surface area contributed by atoms with Crippen molar-refractivity contribution in [2.24, 2.45) is 0 Å². The third-order valence-corrected chi connectivity index (χ3v) is 19.6. The van der Waals surface area contributed by atoms with Gasteiger partial charge in [0, 0.05) is 0 Å². The van der Waals surface area contributed by atoms with Crippen LogP contribution in [0, 0.1) is 50.4 Å². The zero-order chi connectivity index (χ0) is 54.8. The van der Waals surface area contributed by atoms with Crippen molar-refractivity contribution in [3.05, 3.63) is 345 Å². The van der Waals surface area contributed by atoms with E-state index in [1.54, 1.807) is 0 Å². The number of benzene rings is 13. The third-order valence-electron chi connectivity index (χ3n) is 16.6. The molecule has 84 heavy (non-hydrogen) atoms. The van der Waals surface area contributed by atoms with E-state index in [1.807, 2.05) is 12.1 Å². The zero-order valence-electron chi connectivity index (χ0n) is 45.5. The predicted octanol–water partition coefficient (Wildman–Crippen LogP) is 17.6. The van der Waals surface area contributed by atoms with E-state index in [2.05, 4.69) is 313 Å². The number of hydrogen-bond donors (Lipinski definition) is 0. The van der Waals surface area contributed by atoms with Gasteiger partial charge >= 0.3 is 528 Å². The van der Waals surface area contributed by atoms with Crippen LogP contribution in [0.2, 0.25) is 0 Å². The molecule has 1 aromatic heterocycles. The molecule has 0 bridgehead atoms. The monoisotopic (exact) mass is 1410 g/mol. The van der Waals surface area contributed by atoms with Crippen LogP contribution in [0.25, 0.3) is 77.6 Å². The fraction of sp³-hybridized carbons (Fsp3) is 0.0127. The van der Waals surface area contributed by atoms with Gasteiger partial charge in [-0.1, -0.05) is 0 Å². The van der Waals surface area contributed by atoms with Gasteiger partial charge in [0.15, 0.2) is 0 Å². The Labute approximate surface area is 523 Å². The molecule has 1 aliphatic heterocycles. The Morgan fingerprint density at radius 3 is 1.63 bits per heavy atom. The van der Waals surface area contributed by atoms with E-state index in [-0.39, 0.29) is 31.1 Å². The molecule has 394 valence electrons. The van der Waals surface area contributed by atoms with Crippen molar-refractivity contribution in [2.45, 2.75) is 5.41 Å². The summed E-state index contributed by atoms with van der Waals surface area (Å²) in [6, 6.07) is 118. The minimum atomic E-state index is -0.748. The van der Waals surface area contributed by atoms with Gasteiger partial charge < -0.3 is 0 Å². The van der Waals surface area contributed by atoms with E-state index >= 15 is 0 Å². The summed E-state index contributed by atoms with van der Waals surface area (Å²) >= 11 is -0.748. The zero-order valence-corrected chi connectivity index (χ0v) is 51.9. The van der Waals surface area contributed by atoms with Crippen LogP contribution in [-0.2, 0) is 5.41 Å². The van der Waals surface area contributed by atoms with E-state index in [4.69, 9.17) is 4.42 Å². The van der Waals surface area contributed by atoms with Crippen LogP contribution in [0.1, 0.15) is 22.3 Å². The molecule has 1 aliphatic carbocycles. The van der Waals surface area contributed by atoms with Crippen molar-refractivity contribution in [3.8, 4) is 55.6 Å². The maximum absolute atomic E-state index is 6.79. The first-order valence-corrected chi connectivity index (χ1v) is 30.3. The van der Waals surface area contributed by atoms with E-state index in [9.17, 15) is 0 Å². The van der Waals surface area contributed by atoms with Gasteiger partial charge in [0.2, 0.25) is 0 Å². The molecule has 0 saturated heterocycles. The first kappa shape index (κ1) is 51.9. The second kappa shape index (κ2) is 21.7. The molecular formula is C79H50IN2OU-. The summed E-state index contributed by atoms with van der Waals surface area (Å²) in [6.07, 6.45) is 0. The van der Waals surface area contributed by atoms with Crippen molar-refractivity contribution in [1.82, 2.24) is 0 Å². The number of rotatable bonds is 10. The number of halogens is 1. The van der Waals surface area contributed by atoms with Crippen LogP contribution in [-0.4, -0.2) is 0 Å². The molecule has 0 fully saturated rings. The summed E-state index contributed by atoms with van der Waals surface area (Å²) < 4.78 is 9.58. The Morgan fingerprint density at radius 1 is 0.321 bits per heavy atom. The molecule has 0 atom stereocenters. The molecule has 0 unspecified atom stereocenters. The Kier molecular flexibility index (Phi) is 13.4. The minimum absolute atomic E-state index is 0. The van der Waals surface area contributed by atoms with Gasteiger partial charge in [0.25, 0.3) is 0 Å². The molecule has 3 nitrogen and oxygen atoms in total. The van der Waals surface area contributed by atoms with Gasteiger partial charge in [-0.05, 0) is 0 Å². The Hall–Kier alpha value is -8.96. The molecule has 5 heteroatoms. The van der Waals surface area contributed by atoms with Gasteiger partial charge in [-0.2, -0.15) is 0 Å². The number of hydrogen-bond acceptors (Lipinski definition) is 3. The maximum atomic E-state index is 6.79. The molecule has 13 aromatic carbocycles. The molecule has 0 radical (unpaired) electrons. The summed E-state index contributed by atoms with van der Waals surface area (Å²) in [4.78, 5) is 4.89. The van der Waals surface area contributed by atoms with Crippen LogP contribution < -0.4 is 31.0 Å². The second-order valence-electron chi connectivity index (χ2n) is 21.3. The van der Waals surface area contributed by atoms with Gasteiger partial charge in [-0.15, -0.1) is 0 Å². The summed E-state index contributed by atoms with van der Waals surface area (Å²) in [7, 11) is 0. The van der Waals surface area contributed by atoms with Crippen molar-refractivity contribution >= 4 is 56.1 Å². The normalized spacial score (nSPS) is 12.6. The summed E-state index contributed by atoms with van der Waals surface area (Å²) in [5.41, 5.74) is 24.0. The van der Waals surface area contributed by atoms with Crippen LogP contribution in [0.15, 0.2) is 308 Å². The summed E-state index contributed by atoms with van der Waals surface area (Å²) in [5, 5.41) is 2.23. The molecule has 2 aliphatic rings. The first-order valence-electron chi connectivity index (χ1n) is 28.2. The molecule has 14 aromatic rings.